The quantitative estimate of drug-likeness (QED) is 0.821. The maximum absolute atomic E-state index is 11.6. The van der Waals surface area contributed by atoms with E-state index in [-0.39, 0.29) is 5.75 Å². The molecular formula is C12H17N3O2S. The first-order valence-corrected chi connectivity index (χ1v) is 7.42. The first-order valence-electron chi connectivity index (χ1n) is 5.81. The van der Waals surface area contributed by atoms with Crippen LogP contribution in [0.1, 0.15) is 6.42 Å². The zero-order valence-corrected chi connectivity index (χ0v) is 11.4. The third kappa shape index (κ3) is 2.70. The smallest absolute Gasteiger partial charge is 0.213 e. The van der Waals surface area contributed by atoms with Crippen LogP contribution in [0, 0.1) is 0 Å². The molecule has 18 heavy (non-hydrogen) atoms. The van der Waals surface area contributed by atoms with E-state index in [2.05, 4.69) is 4.98 Å². The van der Waals surface area contributed by atoms with Gasteiger partial charge in [0.15, 0.2) is 0 Å². The summed E-state index contributed by atoms with van der Waals surface area (Å²) in [6, 6.07) is 7.83. The molecule has 0 saturated heterocycles. The molecule has 0 amide bonds. The summed E-state index contributed by atoms with van der Waals surface area (Å²) in [5, 5.41) is 0. The minimum Gasteiger partial charge on any atom is -0.331 e. The minimum absolute atomic E-state index is 0.159. The molecule has 6 heteroatoms. The van der Waals surface area contributed by atoms with E-state index in [4.69, 9.17) is 0 Å². The lowest BCUT2D eigenvalue weighted by atomic mass is 10.3. The number of aryl methyl sites for hydroxylation is 1. The van der Waals surface area contributed by atoms with Crippen LogP contribution in [0.5, 0.6) is 0 Å². The van der Waals surface area contributed by atoms with Gasteiger partial charge in [-0.2, -0.15) is 0 Å². The Balaban J connectivity index is 2.03. The maximum atomic E-state index is 11.6. The van der Waals surface area contributed by atoms with Crippen LogP contribution in [-0.4, -0.2) is 42.1 Å². The van der Waals surface area contributed by atoms with Gasteiger partial charge in [0, 0.05) is 20.6 Å². The Labute approximate surface area is 107 Å². The Kier molecular flexibility index (Phi) is 3.68. The van der Waals surface area contributed by atoms with Gasteiger partial charge in [-0.25, -0.2) is 17.7 Å². The third-order valence-corrected chi connectivity index (χ3v) is 4.80. The summed E-state index contributed by atoms with van der Waals surface area (Å²) in [6.45, 7) is 0.660. The fourth-order valence-corrected chi connectivity index (χ4v) is 2.65. The molecule has 0 saturated carbocycles. The topological polar surface area (TPSA) is 55.2 Å². The Bertz CT molecular complexity index is 632. The van der Waals surface area contributed by atoms with Gasteiger partial charge in [-0.3, -0.25) is 0 Å². The standard InChI is InChI=1S/C12H17N3O2S/c1-14(2)18(16,17)9-5-8-15-10-13-11-6-3-4-7-12(11)15/h3-4,6-7,10H,5,8-9H2,1-2H3. The molecule has 1 aromatic heterocycles. The van der Waals surface area contributed by atoms with Crippen LogP contribution >= 0.6 is 0 Å². The van der Waals surface area contributed by atoms with Crippen molar-refractivity contribution >= 4 is 21.1 Å². The van der Waals surface area contributed by atoms with E-state index in [1.807, 2.05) is 28.8 Å². The molecule has 0 unspecified atom stereocenters. The predicted octanol–water partition coefficient (Wildman–Crippen LogP) is 1.32. The summed E-state index contributed by atoms with van der Waals surface area (Å²) in [7, 11) is 0.00987. The Hall–Kier alpha value is -1.40. The highest BCUT2D eigenvalue weighted by Gasteiger charge is 2.13. The largest absolute Gasteiger partial charge is 0.331 e. The molecule has 0 radical (unpaired) electrons. The molecule has 0 aliphatic rings. The second kappa shape index (κ2) is 5.07. The van der Waals surface area contributed by atoms with Crippen molar-refractivity contribution in [2.24, 2.45) is 0 Å². The monoisotopic (exact) mass is 267 g/mol. The highest BCUT2D eigenvalue weighted by Crippen LogP contribution is 2.12. The summed E-state index contributed by atoms with van der Waals surface area (Å²) >= 11 is 0. The van der Waals surface area contributed by atoms with Gasteiger partial charge in [0.1, 0.15) is 0 Å². The van der Waals surface area contributed by atoms with Crippen molar-refractivity contribution in [3.63, 3.8) is 0 Å². The molecule has 1 heterocycles. The minimum atomic E-state index is -3.11. The Morgan fingerprint density at radius 2 is 2.00 bits per heavy atom. The second-order valence-electron chi connectivity index (χ2n) is 4.38. The van der Waals surface area contributed by atoms with Crippen molar-refractivity contribution in [1.82, 2.24) is 13.9 Å². The number of nitrogens with zero attached hydrogens (tertiary/aromatic N) is 3. The van der Waals surface area contributed by atoms with E-state index in [9.17, 15) is 8.42 Å². The predicted molar refractivity (Wildman–Crippen MR) is 71.8 cm³/mol. The summed E-state index contributed by atoms with van der Waals surface area (Å²) in [5.74, 6) is 0.159. The number of rotatable bonds is 5. The molecule has 98 valence electrons. The molecule has 0 aliphatic heterocycles. The number of imidazole rings is 1. The number of hydrogen-bond acceptors (Lipinski definition) is 3. The van der Waals surface area contributed by atoms with Crippen molar-refractivity contribution in [2.75, 3.05) is 19.8 Å². The summed E-state index contributed by atoms with van der Waals surface area (Å²) in [5.41, 5.74) is 1.98. The van der Waals surface area contributed by atoms with Crippen molar-refractivity contribution < 1.29 is 8.42 Å². The molecule has 1 aromatic carbocycles. The van der Waals surface area contributed by atoms with Gasteiger partial charge in [0.2, 0.25) is 10.0 Å². The van der Waals surface area contributed by atoms with Gasteiger partial charge in [0.25, 0.3) is 0 Å². The van der Waals surface area contributed by atoms with Crippen LogP contribution in [0.4, 0.5) is 0 Å². The normalized spacial score (nSPS) is 12.4. The van der Waals surface area contributed by atoms with Crippen molar-refractivity contribution in [1.29, 1.82) is 0 Å². The maximum Gasteiger partial charge on any atom is 0.213 e. The van der Waals surface area contributed by atoms with Crippen LogP contribution in [-0.2, 0) is 16.6 Å². The van der Waals surface area contributed by atoms with Gasteiger partial charge in [0.05, 0.1) is 23.1 Å². The zero-order valence-electron chi connectivity index (χ0n) is 10.6. The van der Waals surface area contributed by atoms with E-state index < -0.39 is 10.0 Å². The van der Waals surface area contributed by atoms with Gasteiger partial charge in [-0.05, 0) is 18.6 Å². The average molecular weight is 267 g/mol. The van der Waals surface area contributed by atoms with Crippen molar-refractivity contribution in [2.45, 2.75) is 13.0 Å². The van der Waals surface area contributed by atoms with Crippen LogP contribution in [0.25, 0.3) is 11.0 Å². The van der Waals surface area contributed by atoms with E-state index in [1.165, 1.54) is 4.31 Å². The zero-order chi connectivity index (χ0) is 13.2. The molecule has 5 nitrogen and oxygen atoms in total. The SMILES string of the molecule is CN(C)S(=O)(=O)CCCn1cnc2ccccc21. The molecule has 0 N–H and O–H groups in total. The number of benzene rings is 1. The Morgan fingerprint density at radius 3 is 2.72 bits per heavy atom. The number of hydrogen-bond donors (Lipinski definition) is 0. The lowest BCUT2D eigenvalue weighted by molar-refractivity contribution is 0.515. The number of sulfonamides is 1. The van der Waals surface area contributed by atoms with Crippen molar-refractivity contribution in [3.8, 4) is 0 Å². The van der Waals surface area contributed by atoms with E-state index in [1.54, 1.807) is 20.4 Å². The summed E-state index contributed by atoms with van der Waals surface area (Å²) < 4.78 is 26.5. The van der Waals surface area contributed by atoms with Crippen LogP contribution in [0.2, 0.25) is 0 Å². The van der Waals surface area contributed by atoms with Gasteiger partial charge in [-0.15, -0.1) is 0 Å². The van der Waals surface area contributed by atoms with E-state index in [0.717, 1.165) is 11.0 Å². The van der Waals surface area contributed by atoms with Gasteiger partial charge in [-0.1, -0.05) is 12.1 Å². The summed E-state index contributed by atoms with van der Waals surface area (Å²) in [4.78, 5) is 4.27. The van der Waals surface area contributed by atoms with Crippen LogP contribution in [0.3, 0.4) is 0 Å². The molecule has 2 aromatic rings. The lowest BCUT2D eigenvalue weighted by Crippen LogP contribution is -2.25. The third-order valence-electron chi connectivity index (χ3n) is 2.89. The molecular weight excluding hydrogens is 250 g/mol. The Morgan fingerprint density at radius 1 is 1.28 bits per heavy atom. The average Bonchev–Trinajstić information content (AvgIpc) is 2.72. The van der Waals surface area contributed by atoms with Gasteiger partial charge < -0.3 is 4.57 Å². The molecule has 0 bridgehead atoms. The van der Waals surface area contributed by atoms with Crippen molar-refractivity contribution in [3.05, 3.63) is 30.6 Å². The first-order chi connectivity index (χ1) is 8.50. The van der Waals surface area contributed by atoms with Gasteiger partial charge >= 0.3 is 0 Å². The summed E-state index contributed by atoms with van der Waals surface area (Å²) in [6.07, 6.45) is 2.34. The number of aromatic nitrogens is 2. The van der Waals surface area contributed by atoms with Crippen LogP contribution in [0.15, 0.2) is 30.6 Å². The lowest BCUT2D eigenvalue weighted by Gasteiger charge is -2.11. The molecule has 0 atom stereocenters. The second-order valence-corrected chi connectivity index (χ2v) is 6.68. The molecule has 0 spiro atoms. The molecule has 0 fully saturated rings. The fraction of sp³-hybridized carbons (Fsp3) is 0.417. The number of para-hydroxylation sites is 2. The highest BCUT2D eigenvalue weighted by molar-refractivity contribution is 7.89. The first kappa shape index (κ1) is 13.0. The molecule has 2 rings (SSSR count). The number of fused-ring (bicyclic) bond motifs is 1. The highest BCUT2D eigenvalue weighted by atomic mass is 32.2. The van der Waals surface area contributed by atoms with E-state index >= 15 is 0 Å². The molecule has 0 aliphatic carbocycles. The van der Waals surface area contributed by atoms with Crippen LogP contribution < -0.4 is 0 Å². The fourth-order valence-electron chi connectivity index (χ4n) is 1.79. The van der Waals surface area contributed by atoms with E-state index in [0.29, 0.717) is 13.0 Å².